The molecule has 0 unspecified atom stereocenters. The van der Waals surface area contributed by atoms with Crippen molar-refractivity contribution in [1.82, 2.24) is 20.1 Å². The van der Waals surface area contributed by atoms with Crippen molar-refractivity contribution in [1.29, 1.82) is 0 Å². The van der Waals surface area contributed by atoms with Gasteiger partial charge < -0.3 is 20.8 Å². The fourth-order valence-corrected chi connectivity index (χ4v) is 15.5. The van der Waals surface area contributed by atoms with Gasteiger partial charge in [-0.1, -0.05) is 41.7 Å². The summed E-state index contributed by atoms with van der Waals surface area (Å²) in [4.78, 5) is 6.12. The van der Waals surface area contributed by atoms with Crippen molar-refractivity contribution >= 4 is 179 Å². The summed E-state index contributed by atoms with van der Waals surface area (Å²) in [5.41, 5.74) is -8.04. The van der Waals surface area contributed by atoms with Crippen LogP contribution in [0.2, 0.25) is 0 Å². The number of hydrogen-bond acceptors (Lipinski definition) is 30. The molecule has 41 nitrogen and oxygen atoms in total. The summed E-state index contributed by atoms with van der Waals surface area (Å²) in [6, 6.07) is 10.7. The molecule has 2 amide bonds. The highest BCUT2D eigenvalue weighted by atomic mass is 32.3. The summed E-state index contributed by atoms with van der Waals surface area (Å²) < 4.78 is 315. The summed E-state index contributed by atoms with van der Waals surface area (Å²) in [6.45, 7) is -0.836. The number of anilines is 1. The SMILES string of the molecule is O=C(NCCS(=O)(=O)O)Nc1cc(N=Nc2c(S(=O)(=O)O)cc3c(S(=O)(=O)O)c(N=Nc4c(-c5ccccc5)nn(-c5cc(S(=O)(=O)O)c6cc(S(=O)(=O)O)cc(S(=O)(=O)O)c6c5)c4O)ccc3c2O)c(S(=O)(=O)O)cc1N=Nc1nc2c(S(=O)(=O)O)cc(S(=O)(=O)O)cc2s1. The summed E-state index contributed by atoms with van der Waals surface area (Å²) in [5, 5.41) is 49.4. The molecular formula is C45H33N11O30S10. The van der Waals surface area contributed by atoms with Gasteiger partial charge in [-0.25, -0.2) is 9.78 Å². The maximum atomic E-state index is 13.4. The van der Waals surface area contributed by atoms with Crippen molar-refractivity contribution in [3.63, 3.8) is 0 Å². The molecule has 0 aliphatic rings. The molecule has 0 saturated heterocycles. The normalized spacial score (nSPS) is 13.5. The highest BCUT2D eigenvalue weighted by molar-refractivity contribution is 7.88. The second-order valence-corrected chi connectivity index (χ2v) is 32.7. The van der Waals surface area contributed by atoms with Crippen LogP contribution in [0.25, 0.3) is 48.7 Å². The number of carbonyl (C=O) groups is 1. The number of aromatic hydroxyl groups is 2. The summed E-state index contributed by atoms with van der Waals surface area (Å²) >= 11 is 0.319. The Labute approximate surface area is 540 Å². The molecule has 2 aromatic heterocycles. The van der Waals surface area contributed by atoms with Crippen LogP contribution in [0.5, 0.6) is 11.6 Å². The van der Waals surface area contributed by atoms with Gasteiger partial charge in [-0.3, -0.25) is 41.0 Å². The van der Waals surface area contributed by atoms with Crippen LogP contribution in [0, 0.1) is 0 Å². The number of thiazole rings is 1. The zero-order valence-electron chi connectivity index (χ0n) is 45.9. The van der Waals surface area contributed by atoms with Gasteiger partial charge in [-0.15, -0.1) is 30.7 Å². The molecule has 96 heavy (non-hydrogen) atoms. The molecule has 0 atom stereocenters. The van der Waals surface area contributed by atoms with Crippen molar-refractivity contribution in [3.05, 3.63) is 97.1 Å². The molecule has 0 aliphatic heterocycles. The Hall–Kier alpha value is -8.98. The second kappa shape index (κ2) is 24.9. The van der Waals surface area contributed by atoms with E-state index in [0.29, 0.717) is 64.5 Å². The summed E-state index contributed by atoms with van der Waals surface area (Å²) in [6.07, 6.45) is 0. The fraction of sp³-hybridized carbons (Fsp3) is 0.0444. The van der Waals surface area contributed by atoms with Gasteiger partial charge in [0, 0.05) is 33.7 Å². The number of phenolic OH excluding ortho intramolecular Hbond substituents is 1. The molecule has 0 spiro atoms. The monoisotopic (exact) mass is 1530 g/mol. The van der Waals surface area contributed by atoms with Gasteiger partial charge in [0.15, 0.2) is 11.4 Å². The molecule has 0 saturated carbocycles. The lowest BCUT2D eigenvalue weighted by Gasteiger charge is -2.13. The Balaban J connectivity index is 1.20. The third kappa shape index (κ3) is 15.3. The molecular weight excluding hydrogens is 1500 g/mol. The van der Waals surface area contributed by atoms with Crippen molar-refractivity contribution in [2.24, 2.45) is 30.7 Å². The molecule has 2 heterocycles. The number of phenols is 1. The van der Waals surface area contributed by atoms with Crippen molar-refractivity contribution in [3.8, 4) is 28.6 Å². The molecule has 51 heteroatoms. The Morgan fingerprint density at radius 3 is 1.59 bits per heavy atom. The van der Waals surface area contributed by atoms with Crippen LogP contribution < -0.4 is 10.6 Å². The Kier molecular flexibility index (Phi) is 18.5. The predicted octanol–water partition coefficient (Wildman–Crippen LogP) is 6.10. The maximum absolute atomic E-state index is 13.4. The lowest BCUT2D eigenvalue weighted by molar-refractivity contribution is 0.252. The first-order chi connectivity index (χ1) is 44.0. The molecule has 0 bridgehead atoms. The van der Waals surface area contributed by atoms with Gasteiger partial charge >= 0.3 is 6.03 Å². The first kappa shape index (κ1) is 71.3. The average molecular weight is 1530 g/mol. The van der Waals surface area contributed by atoms with E-state index in [4.69, 9.17) is 4.55 Å². The van der Waals surface area contributed by atoms with E-state index in [2.05, 4.69) is 40.8 Å². The van der Waals surface area contributed by atoms with Crippen molar-refractivity contribution in [2.45, 2.75) is 39.2 Å². The Morgan fingerprint density at radius 1 is 0.479 bits per heavy atom. The third-order valence-electron chi connectivity index (χ3n) is 12.6. The first-order valence-corrected chi connectivity index (χ1v) is 38.5. The smallest absolute Gasteiger partial charge is 0.319 e. The highest BCUT2D eigenvalue weighted by Gasteiger charge is 2.32. The number of hydrogen-bond donors (Lipinski definition) is 13. The van der Waals surface area contributed by atoms with Crippen LogP contribution in [0.1, 0.15) is 0 Å². The first-order valence-electron chi connectivity index (χ1n) is 24.5. The number of carbonyl (C=O) groups excluding carboxylic acids is 1. The minimum atomic E-state index is -5.89. The van der Waals surface area contributed by atoms with E-state index in [0.717, 1.165) is 6.07 Å². The van der Waals surface area contributed by atoms with E-state index in [1.807, 2.05) is 10.6 Å². The predicted molar refractivity (Wildman–Crippen MR) is 324 cm³/mol. The Bertz CT molecular complexity index is 6090. The number of benzene rings is 7. The van der Waals surface area contributed by atoms with Gasteiger partial charge in [0.1, 0.15) is 63.3 Å². The number of nitrogens with zero attached hydrogens (tertiary/aromatic N) is 9. The minimum Gasteiger partial charge on any atom is -0.505 e. The van der Waals surface area contributed by atoms with Crippen LogP contribution >= 0.6 is 11.3 Å². The van der Waals surface area contributed by atoms with Crippen LogP contribution in [0.4, 0.5) is 44.1 Å². The van der Waals surface area contributed by atoms with Crippen molar-refractivity contribution < 1.29 is 132 Å². The zero-order chi connectivity index (χ0) is 71.2. The number of fused-ring (bicyclic) bond motifs is 3. The topological polar surface area (TPSA) is 676 Å². The largest absolute Gasteiger partial charge is 0.505 e. The van der Waals surface area contributed by atoms with Crippen LogP contribution in [0.3, 0.4) is 0 Å². The van der Waals surface area contributed by atoms with Gasteiger partial charge in [0.25, 0.3) is 91.1 Å². The fourth-order valence-electron chi connectivity index (χ4n) is 8.68. The van der Waals surface area contributed by atoms with E-state index >= 15 is 0 Å². The van der Waals surface area contributed by atoms with Gasteiger partial charge in [-0.05, 0) is 66.7 Å². The molecule has 9 rings (SSSR count). The lowest BCUT2D eigenvalue weighted by atomic mass is 10.1. The van der Waals surface area contributed by atoms with Crippen LogP contribution in [-0.4, -0.2) is 160 Å². The highest BCUT2D eigenvalue weighted by Crippen LogP contribution is 2.48. The van der Waals surface area contributed by atoms with Crippen LogP contribution in [0.15, 0.2) is 167 Å². The van der Waals surface area contributed by atoms with Gasteiger partial charge in [0.2, 0.25) is 11.0 Å². The summed E-state index contributed by atoms with van der Waals surface area (Å²) in [7, 11) is -49.2. The number of urea groups is 1. The number of nitrogens with one attached hydrogen (secondary N) is 2. The molecule has 0 radical (unpaired) electrons. The van der Waals surface area contributed by atoms with Crippen LogP contribution in [-0.2, 0) is 91.1 Å². The van der Waals surface area contributed by atoms with E-state index in [1.165, 1.54) is 30.3 Å². The maximum Gasteiger partial charge on any atom is 0.319 e. The number of rotatable bonds is 20. The van der Waals surface area contributed by atoms with E-state index in [9.17, 15) is 127 Å². The van der Waals surface area contributed by atoms with E-state index < -0.39 is 243 Å². The summed E-state index contributed by atoms with van der Waals surface area (Å²) in [5.74, 6) is -3.82. The zero-order valence-corrected chi connectivity index (χ0v) is 54.1. The molecule has 13 N–H and O–H groups in total. The molecule has 0 fully saturated rings. The van der Waals surface area contributed by atoms with E-state index in [1.54, 1.807) is 0 Å². The average Bonchev–Trinajstić information content (AvgIpc) is 0.892. The molecule has 0 aliphatic carbocycles. The number of aromatic nitrogens is 3. The number of amides is 2. The standard InChI is InChI=1S/C45H33N11O30S10/c57-41-23-6-7-27(49-53-40-37(19-4-2-1-3-5-19)55-56(43(40)58)20-10-24-25(32(11-20)91(69,70)71)12-21(89(63,64)65)14-33(24)92(72,73)74)42(96(84,85)86)26(23)16-36(95(81,82)83)39(41)52-51-30-17-28(47-44(59)46-8-9-88(60,61)62)29(18-34(30)93(75,76)77)50-54-45-48-38-31(87-45)13-22(90(66,67)68)15-35(38)94(78,79)80/h1-7,10-18,57-58H,8-9H2,(H2,46,47,59)(H,60,61,62)(H,63,64,65)(H,66,67,68)(H,69,70,71)(H,72,73,74)(H,75,76,77)(H,78,79,80)(H,81,82,83)(H,84,85,86). The Morgan fingerprint density at radius 2 is 1.02 bits per heavy atom. The number of azo groups is 3. The van der Waals surface area contributed by atoms with Gasteiger partial charge in [-0.2, -0.15) is 85.5 Å². The molecule has 9 aromatic rings. The quantitative estimate of drug-likeness (QED) is 0.0303. The molecule has 508 valence electrons. The minimum absolute atomic E-state index is 0.00718. The third-order valence-corrected chi connectivity index (χ3v) is 21.3. The van der Waals surface area contributed by atoms with E-state index in [-0.39, 0.29) is 17.7 Å². The van der Waals surface area contributed by atoms with Crippen molar-refractivity contribution in [2.75, 3.05) is 17.6 Å². The lowest BCUT2D eigenvalue weighted by Crippen LogP contribution is -2.32. The molecule has 7 aromatic carbocycles. The second-order valence-electron chi connectivity index (χ2n) is 19.0. The van der Waals surface area contributed by atoms with Gasteiger partial charge in [0.05, 0.1) is 31.6 Å².